The third-order valence-corrected chi connectivity index (χ3v) is 3.88. The van der Waals surface area contributed by atoms with Crippen LogP contribution in [-0.4, -0.2) is 12.5 Å². The quantitative estimate of drug-likeness (QED) is 0.853. The highest BCUT2D eigenvalue weighted by Crippen LogP contribution is 2.25. The van der Waals surface area contributed by atoms with Gasteiger partial charge in [0.1, 0.15) is 4.88 Å². The zero-order chi connectivity index (χ0) is 12.3. The zero-order valence-corrected chi connectivity index (χ0v) is 11.1. The second kappa shape index (κ2) is 4.87. The van der Waals surface area contributed by atoms with E-state index in [-0.39, 0.29) is 11.3 Å². The number of anilines is 1. The van der Waals surface area contributed by atoms with Gasteiger partial charge in [-0.25, -0.2) is 0 Å². The number of hydrogen-bond acceptors (Lipinski definition) is 3. The van der Waals surface area contributed by atoms with E-state index in [1.54, 1.807) is 6.07 Å². The van der Waals surface area contributed by atoms with Crippen LogP contribution in [0.1, 0.15) is 37.4 Å². The topological polar surface area (TPSA) is 55.1 Å². The first-order valence-electron chi connectivity index (χ1n) is 5.43. The summed E-state index contributed by atoms with van der Waals surface area (Å²) in [5.74, 6) is 0.362. The van der Waals surface area contributed by atoms with Crippen molar-refractivity contribution in [1.29, 1.82) is 0 Å². The number of hydrogen-bond donors (Lipinski definition) is 2. The Bertz CT molecular complexity index is 365. The van der Waals surface area contributed by atoms with Gasteiger partial charge in [-0.3, -0.25) is 4.79 Å². The zero-order valence-electron chi connectivity index (χ0n) is 10.3. The number of nitrogens with two attached hydrogens (primary N) is 1. The van der Waals surface area contributed by atoms with Crippen molar-refractivity contribution in [1.82, 2.24) is 5.32 Å². The maximum atomic E-state index is 11.8. The molecule has 1 aromatic rings. The average molecular weight is 240 g/mol. The van der Waals surface area contributed by atoms with E-state index in [9.17, 15) is 4.79 Å². The van der Waals surface area contributed by atoms with Gasteiger partial charge in [0.05, 0.1) is 5.69 Å². The molecule has 0 fully saturated rings. The van der Waals surface area contributed by atoms with Crippen molar-refractivity contribution in [3.05, 3.63) is 16.3 Å². The van der Waals surface area contributed by atoms with Crippen LogP contribution in [0.25, 0.3) is 0 Å². The Hall–Kier alpha value is -1.03. The van der Waals surface area contributed by atoms with Gasteiger partial charge in [0.25, 0.3) is 5.91 Å². The highest BCUT2D eigenvalue weighted by molar-refractivity contribution is 7.12. The Labute approximate surface area is 101 Å². The van der Waals surface area contributed by atoms with E-state index in [0.717, 1.165) is 0 Å². The molecular weight excluding hydrogens is 220 g/mol. The highest BCUT2D eigenvalue weighted by Gasteiger charge is 2.21. The summed E-state index contributed by atoms with van der Waals surface area (Å²) < 4.78 is 0. The molecule has 0 saturated carbocycles. The van der Waals surface area contributed by atoms with Gasteiger partial charge in [-0.1, -0.05) is 27.7 Å². The van der Waals surface area contributed by atoms with Crippen molar-refractivity contribution in [2.75, 3.05) is 12.3 Å². The molecule has 1 atom stereocenters. The number of amides is 1. The summed E-state index contributed by atoms with van der Waals surface area (Å²) in [6.45, 7) is 9.33. The summed E-state index contributed by atoms with van der Waals surface area (Å²) in [5, 5.41) is 4.75. The number of nitrogens with one attached hydrogen (secondary N) is 1. The number of carbonyl (C=O) groups is 1. The van der Waals surface area contributed by atoms with Gasteiger partial charge in [-0.15, -0.1) is 11.3 Å². The van der Waals surface area contributed by atoms with E-state index in [0.29, 0.717) is 23.0 Å². The molecule has 0 saturated heterocycles. The largest absolute Gasteiger partial charge is 0.397 e. The van der Waals surface area contributed by atoms with E-state index in [4.69, 9.17) is 5.73 Å². The lowest BCUT2D eigenvalue weighted by Crippen LogP contribution is -2.33. The summed E-state index contributed by atoms with van der Waals surface area (Å²) in [7, 11) is 0. The Balaban J connectivity index is 2.52. The molecule has 1 heterocycles. The molecule has 90 valence electrons. The molecule has 4 heteroatoms. The predicted octanol–water partition coefficient (Wildman–Crippen LogP) is 2.74. The molecule has 3 N–H and O–H groups in total. The monoisotopic (exact) mass is 240 g/mol. The molecule has 1 unspecified atom stereocenters. The van der Waals surface area contributed by atoms with E-state index < -0.39 is 0 Å². The van der Waals surface area contributed by atoms with E-state index in [1.807, 2.05) is 5.38 Å². The molecular formula is C12H20N2OS. The predicted molar refractivity (Wildman–Crippen MR) is 69.7 cm³/mol. The van der Waals surface area contributed by atoms with Crippen molar-refractivity contribution < 1.29 is 4.79 Å². The maximum Gasteiger partial charge on any atom is 0.263 e. The number of carbonyl (C=O) groups excluding carboxylic acids is 1. The average Bonchev–Trinajstić information content (AvgIpc) is 2.58. The highest BCUT2D eigenvalue weighted by atomic mass is 32.1. The van der Waals surface area contributed by atoms with Crippen LogP contribution in [0.5, 0.6) is 0 Å². The normalized spacial score (nSPS) is 13.5. The lowest BCUT2D eigenvalue weighted by molar-refractivity contribution is 0.0942. The molecule has 16 heavy (non-hydrogen) atoms. The number of thiophene rings is 1. The minimum absolute atomic E-state index is 0.0661. The van der Waals surface area contributed by atoms with Gasteiger partial charge in [0.15, 0.2) is 0 Å². The van der Waals surface area contributed by atoms with Crippen molar-refractivity contribution >= 4 is 22.9 Å². The molecule has 1 rings (SSSR count). The smallest absolute Gasteiger partial charge is 0.263 e. The molecule has 0 aromatic carbocycles. The fourth-order valence-corrected chi connectivity index (χ4v) is 1.87. The fraction of sp³-hybridized carbons (Fsp3) is 0.583. The van der Waals surface area contributed by atoms with Crippen molar-refractivity contribution in [2.45, 2.75) is 27.7 Å². The lowest BCUT2D eigenvalue weighted by Gasteiger charge is -2.27. The van der Waals surface area contributed by atoms with Crippen molar-refractivity contribution in [2.24, 2.45) is 11.3 Å². The van der Waals surface area contributed by atoms with Crippen LogP contribution >= 0.6 is 11.3 Å². The van der Waals surface area contributed by atoms with Gasteiger partial charge < -0.3 is 11.1 Å². The van der Waals surface area contributed by atoms with Gasteiger partial charge in [0, 0.05) is 6.54 Å². The molecule has 1 amide bonds. The van der Waals surface area contributed by atoms with Crippen LogP contribution < -0.4 is 11.1 Å². The number of nitrogen functional groups attached to an aromatic ring is 1. The summed E-state index contributed by atoms with van der Waals surface area (Å²) in [5.41, 5.74) is 6.45. The first-order valence-corrected chi connectivity index (χ1v) is 6.31. The second-order valence-corrected chi connectivity index (χ2v) is 6.10. The summed E-state index contributed by atoms with van der Waals surface area (Å²) in [6, 6.07) is 1.76. The minimum atomic E-state index is -0.0661. The summed E-state index contributed by atoms with van der Waals surface area (Å²) in [4.78, 5) is 12.4. The molecule has 0 aliphatic carbocycles. The van der Waals surface area contributed by atoms with Crippen molar-refractivity contribution in [3.63, 3.8) is 0 Å². The molecule has 0 radical (unpaired) electrons. The summed E-state index contributed by atoms with van der Waals surface area (Å²) >= 11 is 1.38. The minimum Gasteiger partial charge on any atom is -0.397 e. The molecule has 0 spiro atoms. The fourth-order valence-electron chi connectivity index (χ4n) is 1.14. The standard InChI is InChI=1S/C12H20N2OS/c1-8(12(2,3)4)7-14-11(15)10-9(13)5-6-16-10/h5-6,8H,7,13H2,1-4H3,(H,14,15). The summed E-state index contributed by atoms with van der Waals surface area (Å²) in [6.07, 6.45) is 0. The van der Waals surface area contributed by atoms with Gasteiger partial charge >= 0.3 is 0 Å². The van der Waals surface area contributed by atoms with E-state index in [1.165, 1.54) is 11.3 Å². The van der Waals surface area contributed by atoms with Crippen molar-refractivity contribution in [3.8, 4) is 0 Å². The van der Waals surface area contributed by atoms with Gasteiger partial charge in [-0.2, -0.15) is 0 Å². The SMILES string of the molecule is CC(CNC(=O)c1sccc1N)C(C)(C)C. The maximum absolute atomic E-state index is 11.8. The van der Waals surface area contributed by atoms with Crippen LogP contribution in [0.3, 0.4) is 0 Å². The Kier molecular flexibility index (Phi) is 3.97. The van der Waals surface area contributed by atoms with Crippen LogP contribution in [0, 0.1) is 11.3 Å². The molecule has 0 aliphatic heterocycles. The Morgan fingerprint density at radius 1 is 1.56 bits per heavy atom. The van der Waals surface area contributed by atoms with Crippen LogP contribution in [0.2, 0.25) is 0 Å². The first-order chi connectivity index (χ1) is 7.32. The van der Waals surface area contributed by atoms with Crippen LogP contribution in [-0.2, 0) is 0 Å². The first kappa shape index (κ1) is 13.0. The van der Waals surface area contributed by atoms with Gasteiger partial charge in [0.2, 0.25) is 0 Å². The molecule has 0 bridgehead atoms. The number of rotatable bonds is 3. The molecule has 3 nitrogen and oxygen atoms in total. The Morgan fingerprint density at radius 2 is 2.19 bits per heavy atom. The molecule has 1 aromatic heterocycles. The Morgan fingerprint density at radius 3 is 2.62 bits per heavy atom. The molecule has 0 aliphatic rings. The third kappa shape index (κ3) is 3.23. The van der Waals surface area contributed by atoms with E-state index in [2.05, 4.69) is 33.0 Å². The van der Waals surface area contributed by atoms with Crippen LogP contribution in [0.15, 0.2) is 11.4 Å². The third-order valence-electron chi connectivity index (χ3n) is 2.95. The van der Waals surface area contributed by atoms with E-state index >= 15 is 0 Å². The second-order valence-electron chi connectivity index (χ2n) is 5.18. The lowest BCUT2D eigenvalue weighted by atomic mass is 9.82. The van der Waals surface area contributed by atoms with Gasteiger partial charge in [-0.05, 0) is 22.8 Å². The van der Waals surface area contributed by atoms with Crippen LogP contribution in [0.4, 0.5) is 5.69 Å².